The molecule has 0 N–H and O–H groups in total. The first-order chi connectivity index (χ1) is 13.2. The SMILES string of the molecule is C/C=C/C1=C(C)C(=O)C(OC(=O)CCC(=O)OCC2CCCCC2)CC1(C)C. The summed E-state index contributed by atoms with van der Waals surface area (Å²) >= 11 is 0. The Hall–Kier alpha value is -1.91. The normalized spacial score (nSPS) is 23.1. The minimum Gasteiger partial charge on any atom is -0.465 e. The Morgan fingerprint density at radius 3 is 2.39 bits per heavy atom. The Kier molecular flexibility index (Phi) is 8.02. The Morgan fingerprint density at radius 1 is 1.11 bits per heavy atom. The number of carbonyl (C=O) groups excluding carboxylic acids is 3. The average molecular weight is 391 g/mol. The van der Waals surface area contributed by atoms with Crippen molar-refractivity contribution >= 4 is 17.7 Å². The lowest BCUT2D eigenvalue weighted by Crippen LogP contribution is -2.39. The molecule has 0 heterocycles. The van der Waals surface area contributed by atoms with Gasteiger partial charge in [-0.2, -0.15) is 0 Å². The molecule has 2 aliphatic rings. The number of esters is 2. The highest BCUT2D eigenvalue weighted by atomic mass is 16.5. The summed E-state index contributed by atoms with van der Waals surface area (Å²) in [5.41, 5.74) is 1.37. The number of ketones is 1. The zero-order chi connectivity index (χ0) is 20.7. The molecule has 1 atom stereocenters. The molecule has 2 rings (SSSR count). The number of ether oxygens (including phenoxy) is 2. The summed E-state index contributed by atoms with van der Waals surface area (Å²) in [4.78, 5) is 36.7. The van der Waals surface area contributed by atoms with E-state index in [1.165, 1.54) is 19.3 Å². The fraction of sp³-hybridized carbons (Fsp3) is 0.696. The molecule has 0 amide bonds. The predicted molar refractivity (Wildman–Crippen MR) is 108 cm³/mol. The quantitative estimate of drug-likeness (QED) is 0.590. The van der Waals surface area contributed by atoms with Gasteiger partial charge < -0.3 is 9.47 Å². The van der Waals surface area contributed by atoms with E-state index in [1.54, 1.807) is 6.92 Å². The Bertz CT molecular complexity index is 650. The van der Waals surface area contributed by atoms with Gasteiger partial charge in [0.15, 0.2) is 11.9 Å². The zero-order valence-electron chi connectivity index (χ0n) is 17.7. The molecule has 28 heavy (non-hydrogen) atoms. The maximum atomic E-state index is 12.6. The van der Waals surface area contributed by atoms with Gasteiger partial charge in [-0.25, -0.2) is 0 Å². The van der Waals surface area contributed by atoms with Gasteiger partial charge in [0.1, 0.15) is 0 Å². The van der Waals surface area contributed by atoms with Crippen LogP contribution in [0.4, 0.5) is 0 Å². The maximum Gasteiger partial charge on any atom is 0.307 e. The molecule has 0 spiro atoms. The number of hydrogen-bond acceptors (Lipinski definition) is 5. The highest BCUT2D eigenvalue weighted by Gasteiger charge is 2.39. The summed E-state index contributed by atoms with van der Waals surface area (Å²) < 4.78 is 10.7. The molecule has 0 aromatic carbocycles. The third-order valence-electron chi connectivity index (χ3n) is 5.84. The number of rotatable bonds is 7. The Labute approximate surface area is 168 Å². The molecule has 0 saturated heterocycles. The van der Waals surface area contributed by atoms with Crippen LogP contribution < -0.4 is 0 Å². The molecule has 0 bridgehead atoms. The van der Waals surface area contributed by atoms with Crippen LogP contribution in [0.25, 0.3) is 0 Å². The minimum absolute atomic E-state index is 0.00546. The number of allylic oxidation sites excluding steroid dienone is 3. The second kappa shape index (κ2) is 10.0. The first-order valence-corrected chi connectivity index (χ1v) is 10.5. The number of hydrogen-bond donors (Lipinski definition) is 0. The van der Waals surface area contributed by atoms with Gasteiger partial charge in [-0.15, -0.1) is 0 Å². The standard InChI is InChI=1S/C23H34O5/c1-5-9-18-16(2)22(26)19(14-23(18,3)4)28-21(25)13-12-20(24)27-15-17-10-7-6-8-11-17/h5,9,17,19H,6-8,10-15H2,1-4H3/b9-5+. The molecule has 1 saturated carbocycles. The molecule has 5 heteroatoms. The van der Waals surface area contributed by atoms with Gasteiger partial charge in [0.05, 0.1) is 19.4 Å². The summed E-state index contributed by atoms with van der Waals surface area (Å²) in [5, 5.41) is 0. The van der Waals surface area contributed by atoms with Crippen LogP contribution >= 0.6 is 0 Å². The van der Waals surface area contributed by atoms with Crippen molar-refractivity contribution in [3.63, 3.8) is 0 Å². The molecule has 0 aromatic rings. The third kappa shape index (κ3) is 6.05. The van der Waals surface area contributed by atoms with Crippen LogP contribution in [0.15, 0.2) is 23.3 Å². The van der Waals surface area contributed by atoms with Crippen molar-refractivity contribution in [1.82, 2.24) is 0 Å². The molecule has 2 aliphatic carbocycles. The Balaban J connectivity index is 1.81. The van der Waals surface area contributed by atoms with E-state index < -0.39 is 12.1 Å². The lowest BCUT2D eigenvalue weighted by Gasteiger charge is -2.36. The minimum atomic E-state index is -0.783. The van der Waals surface area contributed by atoms with Crippen LogP contribution in [0, 0.1) is 11.3 Å². The van der Waals surface area contributed by atoms with Gasteiger partial charge in [-0.05, 0) is 49.2 Å². The molecule has 0 aliphatic heterocycles. The van der Waals surface area contributed by atoms with E-state index in [9.17, 15) is 14.4 Å². The van der Waals surface area contributed by atoms with Gasteiger partial charge in [-0.1, -0.05) is 45.3 Å². The molecular formula is C23H34O5. The highest BCUT2D eigenvalue weighted by Crippen LogP contribution is 2.40. The molecule has 0 aromatic heterocycles. The number of Topliss-reactive ketones (excluding diaryl/α,β-unsaturated/α-hetero) is 1. The van der Waals surface area contributed by atoms with Crippen LogP contribution in [-0.2, 0) is 23.9 Å². The second-order valence-electron chi connectivity index (χ2n) is 8.66. The smallest absolute Gasteiger partial charge is 0.307 e. The van der Waals surface area contributed by atoms with Crippen molar-refractivity contribution in [3.05, 3.63) is 23.3 Å². The van der Waals surface area contributed by atoms with E-state index in [-0.39, 0.29) is 30.0 Å². The topological polar surface area (TPSA) is 69.7 Å². The van der Waals surface area contributed by atoms with Crippen LogP contribution in [0.3, 0.4) is 0 Å². The van der Waals surface area contributed by atoms with Gasteiger partial charge in [0, 0.05) is 6.42 Å². The van der Waals surface area contributed by atoms with Gasteiger partial charge in [0.25, 0.3) is 0 Å². The van der Waals surface area contributed by atoms with Crippen LogP contribution in [0.2, 0.25) is 0 Å². The van der Waals surface area contributed by atoms with Crippen LogP contribution in [0.1, 0.15) is 79.1 Å². The van der Waals surface area contributed by atoms with Gasteiger partial charge >= 0.3 is 11.9 Å². The summed E-state index contributed by atoms with van der Waals surface area (Å²) in [6, 6.07) is 0. The fourth-order valence-corrected chi connectivity index (χ4v) is 4.22. The number of carbonyl (C=O) groups is 3. The molecule has 5 nitrogen and oxygen atoms in total. The van der Waals surface area contributed by atoms with Crippen molar-refractivity contribution < 1.29 is 23.9 Å². The van der Waals surface area contributed by atoms with E-state index in [2.05, 4.69) is 0 Å². The summed E-state index contributed by atoms with van der Waals surface area (Å²) in [6.07, 6.45) is 9.34. The first kappa shape index (κ1) is 22.4. The zero-order valence-corrected chi connectivity index (χ0v) is 17.7. The molecule has 0 radical (unpaired) electrons. The van der Waals surface area contributed by atoms with Gasteiger partial charge in [-0.3, -0.25) is 14.4 Å². The van der Waals surface area contributed by atoms with E-state index in [4.69, 9.17) is 9.47 Å². The van der Waals surface area contributed by atoms with Gasteiger partial charge in [0.2, 0.25) is 0 Å². The van der Waals surface area contributed by atoms with E-state index >= 15 is 0 Å². The largest absolute Gasteiger partial charge is 0.465 e. The van der Waals surface area contributed by atoms with E-state index in [1.807, 2.05) is 32.9 Å². The second-order valence-corrected chi connectivity index (χ2v) is 8.66. The van der Waals surface area contributed by atoms with Crippen LogP contribution in [-0.4, -0.2) is 30.4 Å². The molecule has 1 fully saturated rings. The third-order valence-corrected chi connectivity index (χ3v) is 5.84. The van der Waals surface area contributed by atoms with Crippen molar-refractivity contribution in [3.8, 4) is 0 Å². The lowest BCUT2D eigenvalue weighted by atomic mass is 9.71. The van der Waals surface area contributed by atoms with E-state index in [0.29, 0.717) is 24.5 Å². The van der Waals surface area contributed by atoms with Crippen molar-refractivity contribution in [1.29, 1.82) is 0 Å². The monoisotopic (exact) mass is 390 g/mol. The Morgan fingerprint density at radius 2 is 1.75 bits per heavy atom. The predicted octanol–water partition coefficient (Wildman–Crippen LogP) is 4.69. The highest BCUT2D eigenvalue weighted by molar-refractivity contribution is 6.01. The molecule has 156 valence electrons. The molecule has 1 unspecified atom stereocenters. The van der Waals surface area contributed by atoms with E-state index in [0.717, 1.165) is 18.4 Å². The van der Waals surface area contributed by atoms with Crippen molar-refractivity contribution in [2.75, 3.05) is 6.61 Å². The summed E-state index contributed by atoms with van der Waals surface area (Å²) in [7, 11) is 0. The molecular weight excluding hydrogens is 356 g/mol. The summed E-state index contributed by atoms with van der Waals surface area (Å²) in [6.45, 7) is 8.23. The first-order valence-electron chi connectivity index (χ1n) is 10.5. The van der Waals surface area contributed by atoms with Crippen molar-refractivity contribution in [2.45, 2.75) is 85.2 Å². The lowest BCUT2D eigenvalue weighted by molar-refractivity contribution is -0.158. The van der Waals surface area contributed by atoms with Crippen molar-refractivity contribution in [2.24, 2.45) is 11.3 Å². The average Bonchev–Trinajstić information content (AvgIpc) is 2.66. The maximum absolute atomic E-state index is 12.6. The fourth-order valence-electron chi connectivity index (χ4n) is 4.22. The van der Waals surface area contributed by atoms with Crippen LogP contribution in [0.5, 0.6) is 0 Å². The summed E-state index contributed by atoms with van der Waals surface area (Å²) in [5.74, 6) is -0.594.